The normalized spacial score (nSPS) is 13.9. The average molecular weight is 208 g/mol. The fourth-order valence-electron chi connectivity index (χ4n) is 1.59. The maximum absolute atomic E-state index is 10.1. The van der Waals surface area contributed by atoms with E-state index in [9.17, 15) is 5.11 Å². The first-order valence-corrected chi connectivity index (χ1v) is 5.16. The fourth-order valence-corrected chi connectivity index (χ4v) is 1.59. The number of hydrogen-bond donors (Lipinski definition) is 3. The van der Waals surface area contributed by atoms with Gasteiger partial charge in [0.2, 0.25) is 0 Å². The van der Waals surface area contributed by atoms with Crippen molar-refractivity contribution in [3.05, 3.63) is 29.3 Å². The third-order valence-electron chi connectivity index (χ3n) is 2.53. The second-order valence-corrected chi connectivity index (χ2v) is 4.84. The molecule has 0 spiro atoms. The molecule has 0 fully saturated rings. The molecular weight excluding hydrogens is 188 g/mol. The van der Waals surface area contributed by atoms with Gasteiger partial charge in [-0.05, 0) is 11.0 Å². The molecule has 1 aromatic carbocycles. The summed E-state index contributed by atoms with van der Waals surface area (Å²) in [5.41, 5.74) is 12.9. The third-order valence-corrected chi connectivity index (χ3v) is 2.53. The largest absolute Gasteiger partial charge is 0.507 e. The van der Waals surface area contributed by atoms with Crippen LogP contribution in [0.1, 0.15) is 37.9 Å². The lowest BCUT2D eigenvalue weighted by Crippen LogP contribution is -2.22. The van der Waals surface area contributed by atoms with Gasteiger partial charge in [-0.25, -0.2) is 0 Å². The Bertz CT molecular complexity index is 342. The number of hydrogen-bond acceptors (Lipinski definition) is 3. The van der Waals surface area contributed by atoms with Crippen LogP contribution in [0.5, 0.6) is 5.75 Å². The van der Waals surface area contributed by atoms with Gasteiger partial charge in [0.25, 0.3) is 0 Å². The number of phenolic OH excluding ortho intramolecular Hbond substituents is 1. The van der Waals surface area contributed by atoms with E-state index in [1.54, 1.807) is 0 Å². The van der Waals surface area contributed by atoms with Crippen molar-refractivity contribution in [1.29, 1.82) is 0 Å². The minimum absolute atomic E-state index is 0.0889. The van der Waals surface area contributed by atoms with Crippen LogP contribution in [0.25, 0.3) is 0 Å². The van der Waals surface area contributed by atoms with E-state index in [0.717, 1.165) is 11.1 Å². The molecule has 0 bridgehead atoms. The maximum Gasteiger partial charge on any atom is 0.124 e. The molecule has 84 valence electrons. The summed E-state index contributed by atoms with van der Waals surface area (Å²) >= 11 is 0. The number of para-hydroxylation sites is 1. The summed E-state index contributed by atoms with van der Waals surface area (Å²) in [6.07, 6.45) is 0. The SMILES string of the molecule is CC(C)(C)c1cccc([C@H](N)CN)c1O. The van der Waals surface area contributed by atoms with Crippen LogP contribution in [0.3, 0.4) is 0 Å². The van der Waals surface area contributed by atoms with Crippen molar-refractivity contribution in [1.82, 2.24) is 0 Å². The number of nitrogens with two attached hydrogens (primary N) is 2. The molecule has 3 nitrogen and oxygen atoms in total. The summed E-state index contributed by atoms with van der Waals surface area (Å²) < 4.78 is 0. The first kappa shape index (κ1) is 12.0. The minimum Gasteiger partial charge on any atom is -0.507 e. The van der Waals surface area contributed by atoms with E-state index in [2.05, 4.69) is 20.8 Å². The van der Waals surface area contributed by atoms with Crippen LogP contribution < -0.4 is 11.5 Å². The standard InChI is InChI=1S/C12H20N2O/c1-12(2,3)9-6-4-5-8(11(9)15)10(14)7-13/h4-6,10,15H,7,13-14H2,1-3H3/t10-/m1/s1. The van der Waals surface area contributed by atoms with Gasteiger partial charge in [0, 0.05) is 18.2 Å². The predicted octanol–water partition coefficient (Wildman–Crippen LogP) is 1.65. The Hall–Kier alpha value is -1.06. The molecule has 0 radical (unpaired) electrons. The van der Waals surface area contributed by atoms with Crippen LogP contribution in [-0.2, 0) is 5.41 Å². The summed E-state index contributed by atoms with van der Waals surface area (Å²) in [6.45, 7) is 6.50. The summed E-state index contributed by atoms with van der Waals surface area (Å²) in [5, 5.41) is 10.1. The van der Waals surface area contributed by atoms with Gasteiger partial charge in [0.15, 0.2) is 0 Å². The molecule has 1 aromatic rings. The van der Waals surface area contributed by atoms with E-state index in [0.29, 0.717) is 6.54 Å². The molecular formula is C12H20N2O. The van der Waals surface area contributed by atoms with Gasteiger partial charge in [0.1, 0.15) is 5.75 Å². The van der Waals surface area contributed by atoms with Gasteiger partial charge in [-0.2, -0.15) is 0 Å². The highest BCUT2D eigenvalue weighted by molar-refractivity contribution is 5.45. The molecule has 0 saturated heterocycles. The summed E-state index contributed by atoms with van der Waals surface area (Å²) in [6, 6.07) is 5.35. The number of benzene rings is 1. The van der Waals surface area contributed by atoms with Gasteiger partial charge >= 0.3 is 0 Å². The molecule has 3 heteroatoms. The smallest absolute Gasteiger partial charge is 0.124 e. The molecule has 1 atom stereocenters. The van der Waals surface area contributed by atoms with E-state index in [-0.39, 0.29) is 17.2 Å². The molecule has 0 unspecified atom stereocenters. The Morgan fingerprint density at radius 1 is 1.33 bits per heavy atom. The van der Waals surface area contributed by atoms with E-state index >= 15 is 0 Å². The third kappa shape index (κ3) is 2.49. The van der Waals surface area contributed by atoms with Crippen molar-refractivity contribution in [2.75, 3.05) is 6.54 Å². The Balaban J connectivity index is 3.23. The van der Waals surface area contributed by atoms with Crippen LogP contribution in [0.2, 0.25) is 0 Å². The van der Waals surface area contributed by atoms with E-state index in [1.807, 2.05) is 18.2 Å². The number of phenols is 1. The molecule has 0 aliphatic carbocycles. The Morgan fingerprint density at radius 3 is 2.40 bits per heavy atom. The average Bonchev–Trinajstić information content (AvgIpc) is 2.15. The highest BCUT2D eigenvalue weighted by Crippen LogP contribution is 2.34. The zero-order valence-electron chi connectivity index (χ0n) is 9.62. The highest BCUT2D eigenvalue weighted by Gasteiger charge is 2.21. The fraction of sp³-hybridized carbons (Fsp3) is 0.500. The van der Waals surface area contributed by atoms with Crippen molar-refractivity contribution in [2.45, 2.75) is 32.2 Å². The molecule has 0 aromatic heterocycles. The second kappa shape index (κ2) is 4.21. The zero-order chi connectivity index (χ0) is 11.6. The number of aromatic hydroxyl groups is 1. The molecule has 0 saturated carbocycles. The highest BCUT2D eigenvalue weighted by atomic mass is 16.3. The topological polar surface area (TPSA) is 72.3 Å². The van der Waals surface area contributed by atoms with Crippen molar-refractivity contribution < 1.29 is 5.11 Å². The van der Waals surface area contributed by atoms with E-state index in [4.69, 9.17) is 11.5 Å². The molecule has 15 heavy (non-hydrogen) atoms. The molecule has 0 aliphatic heterocycles. The van der Waals surface area contributed by atoms with Crippen molar-refractivity contribution in [3.63, 3.8) is 0 Å². The lowest BCUT2D eigenvalue weighted by Gasteiger charge is -2.23. The zero-order valence-corrected chi connectivity index (χ0v) is 9.62. The maximum atomic E-state index is 10.1. The first-order valence-electron chi connectivity index (χ1n) is 5.16. The van der Waals surface area contributed by atoms with Gasteiger partial charge in [-0.3, -0.25) is 0 Å². The van der Waals surface area contributed by atoms with E-state index in [1.165, 1.54) is 0 Å². The summed E-state index contributed by atoms with van der Waals surface area (Å²) in [5.74, 6) is 0.281. The predicted molar refractivity (Wildman–Crippen MR) is 62.8 cm³/mol. The second-order valence-electron chi connectivity index (χ2n) is 4.84. The van der Waals surface area contributed by atoms with E-state index < -0.39 is 0 Å². The Kier molecular flexibility index (Phi) is 3.37. The summed E-state index contributed by atoms with van der Waals surface area (Å²) in [4.78, 5) is 0. The van der Waals surface area contributed by atoms with Crippen LogP contribution >= 0.6 is 0 Å². The molecule has 0 aliphatic rings. The van der Waals surface area contributed by atoms with Crippen LogP contribution in [0.4, 0.5) is 0 Å². The molecule has 0 heterocycles. The molecule has 1 rings (SSSR count). The Labute approximate surface area is 91.1 Å². The van der Waals surface area contributed by atoms with Crippen LogP contribution in [0, 0.1) is 0 Å². The Morgan fingerprint density at radius 2 is 1.93 bits per heavy atom. The number of rotatable bonds is 2. The van der Waals surface area contributed by atoms with Gasteiger partial charge in [-0.15, -0.1) is 0 Å². The van der Waals surface area contributed by atoms with Gasteiger partial charge in [-0.1, -0.05) is 39.0 Å². The molecule has 0 amide bonds. The summed E-state index contributed by atoms with van der Waals surface area (Å²) in [7, 11) is 0. The monoisotopic (exact) mass is 208 g/mol. The van der Waals surface area contributed by atoms with Crippen LogP contribution in [0.15, 0.2) is 18.2 Å². The van der Waals surface area contributed by atoms with Crippen molar-refractivity contribution in [3.8, 4) is 5.75 Å². The van der Waals surface area contributed by atoms with Gasteiger partial charge < -0.3 is 16.6 Å². The van der Waals surface area contributed by atoms with Crippen LogP contribution in [-0.4, -0.2) is 11.7 Å². The quantitative estimate of drug-likeness (QED) is 0.692. The van der Waals surface area contributed by atoms with Crippen molar-refractivity contribution in [2.24, 2.45) is 11.5 Å². The van der Waals surface area contributed by atoms with Crippen molar-refractivity contribution >= 4 is 0 Å². The molecule has 5 N–H and O–H groups in total. The first-order chi connectivity index (χ1) is 6.88. The van der Waals surface area contributed by atoms with Gasteiger partial charge in [0.05, 0.1) is 0 Å². The lowest BCUT2D eigenvalue weighted by atomic mass is 9.84. The lowest BCUT2D eigenvalue weighted by molar-refractivity contribution is 0.435. The minimum atomic E-state index is -0.299.